The van der Waals surface area contributed by atoms with E-state index < -0.39 is 0 Å². The van der Waals surface area contributed by atoms with Gasteiger partial charge in [0.2, 0.25) is 0 Å². The van der Waals surface area contributed by atoms with Crippen molar-refractivity contribution in [3.8, 4) is 0 Å². The maximum Gasteiger partial charge on any atom is 0.0842 e. The van der Waals surface area contributed by atoms with Crippen molar-refractivity contribution in [3.63, 3.8) is 0 Å². The molecular weight excluding hydrogens is 150 g/mol. The highest BCUT2D eigenvalue weighted by atomic mass is 16.2. The molecule has 0 saturated heterocycles. The van der Waals surface area contributed by atoms with Crippen molar-refractivity contribution in [2.45, 2.75) is 6.42 Å². The molecule has 1 aromatic carbocycles. The molecule has 0 atom stereocenters. The third kappa shape index (κ3) is 2.24. The molecule has 0 spiro atoms. The van der Waals surface area contributed by atoms with Gasteiger partial charge in [0.15, 0.2) is 0 Å². The van der Waals surface area contributed by atoms with Crippen LogP contribution >= 0.6 is 0 Å². The Bertz CT molecular complexity index is 245. The molecule has 0 unspecified atom stereocenters. The van der Waals surface area contributed by atoms with Gasteiger partial charge in [0, 0.05) is 26.2 Å². The molecule has 1 aromatic rings. The first-order chi connectivity index (χ1) is 5.74. The number of rotatable bonds is 3. The second-order valence-corrected chi connectivity index (χ2v) is 2.95. The van der Waals surface area contributed by atoms with Gasteiger partial charge in [0.1, 0.15) is 0 Å². The van der Waals surface area contributed by atoms with Crippen molar-refractivity contribution in [2.75, 3.05) is 19.0 Å². The molecule has 0 aromatic heterocycles. The Morgan fingerprint density at radius 2 is 2.17 bits per heavy atom. The zero-order chi connectivity index (χ0) is 8.97. The summed E-state index contributed by atoms with van der Waals surface area (Å²) in [7, 11) is 4.00. The Hall–Kier alpha value is -1.02. The van der Waals surface area contributed by atoms with Crippen molar-refractivity contribution >= 4 is 5.69 Å². The van der Waals surface area contributed by atoms with E-state index in [-0.39, 0.29) is 0 Å². The molecule has 2 heteroatoms. The number of benzene rings is 1. The van der Waals surface area contributed by atoms with Gasteiger partial charge in [-0.25, -0.2) is 0 Å². The molecule has 1 N–H and O–H groups in total. The maximum atomic E-state index is 8.61. The molecule has 65 valence electrons. The lowest BCUT2D eigenvalue weighted by Crippen LogP contribution is -2.08. The molecular formula is C10H14NO. The molecule has 0 saturated carbocycles. The SMILES string of the molecule is CN(C)c1cccc(C[CH]O)c1. The zero-order valence-electron chi connectivity index (χ0n) is 7.49. The van der Waals surface area contributed by atoms with Crippen molar-refractivity contribution in [3.05, 3.63) is 36.4 Å². The average Bonchev–Trinajstić information content (AvgIpc) is 2.05. The van der Waals surface area contributed by atoms with Crippen LogP contribution in [0.2, 0.25) is 0 Å². The van der Waals surface area contributed by atoms with Crippen molar-refractivity contribution in [2.24, 2.45) is 0 Å². The Morgan fingerprint density at radius 3 is 2.75 bits per heavy atom. The van der Waals surface area contributed by atoms with Crippen LogP contribution in [0.15, 0.2) is 24.3 Å². The first-order valence-corrected chi connectivity index (χ1v) is 3.96. The minimum atomic E-state index is 0.613. The monoisotopic (exact) mass is 164 g/mol. The van der Waals surface area contributed by atoms with Crippen molar-refractivity contribution in [1.29, 1.82) is 0 Å². The smallest absolute Gasteiger partial charge is 0.0842 e. The van der Waals surface area contributed by atoms with Gasteiger partial charge in [-0.05, 0) is 17.7 Å². The molecule has 0 heterocycles. The van der Waals surface area contributed by atoms with E-state index in [2.05, 4.69) is 6.07 Å². The lowest BCUT2D eigenvalue weighted by molar-refractivity contribution is 0.385. The summed E-state index contributed by atoms with van der Waals surface area (Å²) in [5.74, 6) is 0. The largest absolute Gasteiger partial charge is 0.390 e. The summed E-state index contributed by atoms with van der Waals surface area (Å²) in [6.45, 7) is 1.18. The van der Waals surface area contributed by atoms with Gasteiger partial charge in [-0.1, -0.05) is 12.1 Å². The van der Waals surface area contributed by atoms with Crippen LogP contribution in [0.25, 0.3) is 0 Å². The topological polar surface area (TPSA) is 23.5 Å². The fourth-order valence-electron chi connectivity index (χ4n) is 1.07. The summed E-state index contributed by atoms with van der Waals surface area (Å²) in [4.78, 5) is 2.04. The predicted octanol–water partition coefficient (Wildman–Crippen LogP) is 1.83. The van der Waals surface area contributed by atoms with Gasteiger partial charge >= 0.3 is 0 Å². The Morgan fingerprint density at radius 1 is 1.42 bits per heavy atom. The molecule has 0 amide bonds. The van der Waals surface area contributed by atoms with Gasteiger partial charge in [0.25, 0.3) is 0 Å². The molecule has 0 aliphatic carbocycles. The van der Waals surface area contributed by atoms with Crippen LogP contribution in [0.4, 0.5) is 5.69 Å². The minimum Gasteiger partial charge on any atom is -0.390 e. The summed E-state index contributed by atoms with van der Waals surface area (Å²) in [6, 6.07) is 8.10. The van der Waals surface area contributed by atoms with Gasteiger partial charge in [-0.3, -0.25) is 0 Å². The van der Waals surface area contributed by atoms with E-state index in [1.807, 2.05) is 37.2 Å². The summed E-state index contributed by atoms with van der Waals surface area (Å²) in [6.07, 6.45) is 0.613. The normalized spacial score (nSPS) is 9.92. The van der Waals surface area contributed by atoms with E-state index in [0.29, 0.717) is 6.42 Å². The van der Waals surface area contributed by atoms with Crippen LogP contribution in [-0.4, -0.2) is 19.2 Å². The van der Waals surface area contributed by atoms with E-state index >= 15 is 0 Å². The number of aliphatic hydroxyl groups excluding tert-OH is 1. The molecule has 1 rings (SSSR count). The molecule has 1 radical (unpaired) electrons. The van der Waals surface area contributed by atoms with Gasteiger partial charge in [0.05, 0.1) is 6.61 Å². The standard InChI is InChI=1S/C10H14NO/c1-11(2)10-5-3-4-9(8-10)6-7-12/h3-5,7-8,12H,6H2,1-2H3. The average molecular weight is 164 g/mol. The van der Waals surface area contributed by atoms with E-state index in [4.69, 9.17) is 5.11 Å². The fraction of sp³-hybridized carbons (Fsp3) is 0.300. The summed E-state index contributed by atoms with van der Waals surface area (Å²) in [5, 5.41) is 8.61. The summed E-state index contributed by atoms with van der Waals surface area (Å²) in [5.41, 5.74) is 2.29. The van der Waals surface area contributed by atoms with E-state index in [1.165, 1.54) is 6.61 Å². The number of hydrogen-bond acceptors (Lipinski definition) is 2. The molecule has 2 nitrogen and oxygen atoms in total. The van der Waals surface area contributed by atoms with Gasteiger partial charge < -0.3 is 10.0 Å². The molecule has 0 aliphatic rings. The zero-order valence-corrected chi connectivity index (χ0v) is 7.49. The van der Waals surface area contributed by atoms with Crippen LogP contribution in [-0.2, 0) is 6.42 Å². The third-order valence-electron chi connectivity index (χ3n) is 1.75. The first kappa shape index (κ1) is 9.07. The minimum absolute atomic E-state index is 0.613. The third-order valence-corrected chi connectivity index (χ3v) is 1.75. The van der Waals surface area contributed by atoms with Gasteiger partial charge in [-0.15, -0.1) is 0 Å². The van der Waals surface area contributed by atoms with Crippen LogP contribution in [0.5, 0.6) is 0 Å². The fourth-order valence-corrected chi connectivity index (χ4v) is 1.07. The van der Waals surface area contributed by atoms with E-state index in [0.717, 1.165) is 11.3 Å². The Labute approximate surface area is 73.4 Å². The highest BCUT2D eigenvalue weighted by Gasteiger charge is 1.96. The van der Waals surface area contributed by atoms with E-state index in [1.54, 1.807) is 0 Å². The highest BCUT2D eigenvalue weighted by Crippen LogP contribution is 2.13. The Balaban J connectivity index is 2.81. The molecule has 0 aliphatic heterocycles. The predicted molar refractivity (Wildman–Crippen MR) is 50.7 cm³/mol. The number of hydrogen-bond donors (Lipinski definition) is 1. The lowest BCUT2D eigenvalue weighted by atomic mass is 10.1. The summed E-state index contributed by atoms with van der Waals surface area (Å²) < 4.78 is 0. The number of nitrogens with zero attached hydrogens (tertiary/aromatic N) is 1. The van der Waals surface area contributed by atoms with E-state index in [9.17, 15) is 0 Å². The van der Waals surface area contributed by atoms with Gasteiger partial charge in [-0.2, -0.15) is 0 Å². The van der Waals surface area contributed by atoms with Crippen LogP contribution < -0.4 is 4.90 Å². The number of anilines is 1. The quantitative estimate of drug-likeness (QED) is 0.736. The Kier molecular flexibility index (Phi) is 3.11. The second kappa shape index (κ2) is 4.12. The van der Waals surface area contributed by atoms with Crippen LogP contribution in [0, 0.1) is 6.61 Å². The number of aliphatic hydroxyl groups is 1. The second-order valence-electron chi connectivity index (χ2n) is 2.95. The molecule has 0 bridgehead atoms. The lowest BCUT2D eigenvalue weighted by Gasteiger charge is -2.12. The molecule has 0 fully saturated rings. The summed E-state index contributed by atoms with van der Waals surface area (Å²) >= 11 is 0. The first-order valence-electron chi connectivity index (χ1n) is 3.96. The van der Waals surface area contributed by atoms with Crippen LogP contribution in [0.1, 0.15) is 5.56 Å². The van der Waals surface area contributed by atoms with Crippen molar-refractivity contribution < 1.29 is 5.11 Å². The van der Waals surface area contributed by atoms with Crippen molar-refractivity contribution in [1.82, 2.24) is 0 Å². The van der Waals surface area contributed by atoms with Crippen LogP contribution in [0.3, 0.4) is 0 Å². The molecule has 12 heavy (non-hydrogen) atoms. The maximum absolute atomic E-state index is 8.61. The highest BCUT2D eigenvalue weighted by molar-refractivity contribution is 5.47.